The van der Waals surface area contributed by atoms with Gasteiger partial charge in [0, 0.05) is 6.42 Å². The Morgan fingerprint density at radius 1 is 1.31 bits per heavy atom. The number of carbonyl (C=O) groups excluding carboxylic acids is 1. The van der Waals surface area contributed by atoms with Gasteiger partial charge in [-0.05, 0) is 5.92 Å². The fraction of sp³-hybridized carbons (Fsp3) is 0.800. The summed E-state index contributed by atoms with van der Waals surface area (Å²) in [7, 11) is 0. The standard InChI is InChI=1S/C10H18O3/c1-3-5-6-8(4-2)7-9(11)10(12)13/h8H,3-7H2,1-2H3,(H,12,13). The second-order valence-corrected chi connectivity index (χ2v) is 3.35. The van der Waals surface area contributed by atoms with E-state index in [-0.39, 0.29) is 12.3 Å². The Morgan fingerprint density at radius 3 is 2.31 bits per heavy atom. The van der Waals surface area contributed by atoms with E-state index in [0.29, 0.717) is 0 Å². The molecule has 1 atom stereocenters. The highest BCUT2D eigenvalue weighted by molar-refractivity contribution is 6.32. The highest BCUT2D eigenvalue weighted by atomic mass is 16.4. The zero-order valence-electron chi connectivity index (χ0n) is 8.38. The average Bonchev–Trinajstić information content (AvgIpc) is 2.11. The molecule has 0 rings (SSSR count). The molecule has 0 aliphatic heterocycles. The first-order valence-corrected chi connectivity index (χ1v) is 4.87. The molecule has 3 nitrogen and oxygen atoms in total. The van der Waals surface area contributed by atoms with E-state index in [9.17, 15) is 9.59 Å². The molecule has 13 heavy (non-hydrogen) atoms. The molecule has 1 unspecified atom stereocenters. The smallest absolute Gasteiger partial charge is 0.372 e. The lowest BCUT2D eigenvalue weighted by Gasteiger charge is -2.11. The summed E-state index contributed by atoms with van der Waals surface area (Å²) in [6.45, 7) is 4.08. The number of Topliss-reactive ketones (excluding diaryl/α,β-unsaturated/α-hetero) is 1. The van der Waals surface area contributed by atoms with Crippen molar-refractivity contribution in [3.63, 3.8) is 0 Å². The van der Waals surface area contributed by atoms with Crippen molar-refractivity contribution < 1.29 is 14.7 Å². The van der Waals surface area contributed by atoms with Gasteiger partial charge in [0.15, 0.2) is 0 Å². The van der Waals surface area contributed by atoms with Gasteiger partial charge in [-0.15, -0.1) is 0 Å². The first-order valence-electron chi connectivity index (χ1n) is 4.87. The largest absolute Gasteiger partial charge is 0.476 e. The first-order chi connectivity index (χ1) is 6.11. The van der Waals surface area contributed by atoms with Crippen LogP contribution >= 0.6 is 0 Å². The minimum Gasteiger partial charge on any atom is -0.476 e. The van der Waals surface area contributed by atoms with Crippen LogP contribution in [0.25, 0.3) is 0 Å². The number of hydrogen-bond acceptors (Lipinski definition) is 2. The van der Waals surface area contributed by atoms with Gasteiger partial charge in [-0.1, -0.05) is 39.5 Å². The van der Waals surface area contributed by atoms with Gasteiger partial charge < -0.3 is 5.11 Å². The van der Waals surface area contributed by atoms with Crippen LogP contribution in [0, 0.1) is 5.92 Å². The Balaban J connectivity index is 3.83. The van der Waals surface area contributed by atoms with E-state index in [4.69, 9.17) is 5.11 Å². The van der Waals surface area contributed by atoms with Crippen molar-refractivity contribution in [2.45, 2.75) is 46.0 Å². The summed E-state index contributed by atoms with van der Waals surface area (Å²) in [4.78, 5) is 21.2. The molecule has 0 aliphatic rings. The quantitative estimate of drug-likeness (QED) is 0.620. The molecule has 0 fully saturated rings. The van der Waals surface area contributed by atoms with Crippen LogP contribution in [0.15, 0.2) is 0 Å². The van der Waals surface area contributed by atoms with Gasteiger partial charge in [0.1, 0.15) is 0 Å². The third kappa shape index (κ3) is 5.39. The van der Waals surface area contributed by atoms with Crippen LogP contribution in [0.2, 0.25) is 0 Å². The Labute approximate surface area is 79.1 Å². The van der Waals surface area contributed by atoms with Gasteiger partial charge in [-0.2, -0.15) is 0 Å². The molecule has 0 radical (unpaired) electrons. The van der Waals surface area contributed by atoms with E-state index in [0.717, 1.165) is 25.7 Å². The number of carbonyl (C=O) groups is 2. The zero-order valence-corrected chi connectivity index (χ0v) is 8.38. The molecule has 0 aromatic heterocycles. The van der Waals surface area contributed by atoms with E-state index in [1.54, 1.807) is 0 Å². The molecular formula is C10H18O3. The molecule has 0 aromatic rings. The van der Waals surface area contributed by atoms with Gasteiger partial charge >= 0.3 is 5.97 Å². The van der Waals surface area contributed by atoms with Crippen molar-refractivity contribution in [1.82, 2.24) is 0 Å². The molecule has 76 valence electrons. The van der Waals surface area contributed by atoms with E-state index in [1.165, 1.54) is 0 Å². The van der Waals surface area contributed by atoms with Crippen molar-refractivity contribution in [3.8, 4) is 0 Å². The number of carboxylic acid groups (broad SMARTS) is 1. The number of hydrogen-bond donors (Lipinski definition) is 1. The van der Waals surface area contributed by atoms with Gasteiger partial charge in [0.05, 0.1) is 0 Å². The monoisotopic (exact) mass is 186 g/mol. The van der Waals surface area contributed by atoms with Gasteiger partial charge in [0.2, 0.25) is 5.78 Å². The molecule has 0 saturated carbocycles. The van der Waals surface area contributed by atoms with Crippen LogP contribution in [0.4, 0.5) is 0 Å². The fourth-order valence-electron chi connectivity index (χ4n) is 1.29. The Bertz CT molecular complexity index is 175. The molecule has 1 N–H and O–H groups in total. The summed E-state index contributed by atoms with van der Waals surface area (Å²) >= 11 is 0. The second-order valence-electron chi connectivity index (χ2n) is 3.35. The van der Waals surface area contributed by atoms with Crippen LogP contribution in [-0.4, -0.2) is 16.9 Å². The predicted molar refractivity (Wildman–Crippen MR) is 50.6 cm³/mol. The fourth-order valence-corrected chi connectivity index (χ4v) is 1.29. The molecule has 0 aromatic carbocycles. The summed E-state index contributed by atoms with van der Waals surface area (Å²) in [6, 6.07) is 0. The average molecular weight is 186 g/mol. The minimum atomic E-state index is -1.30. The first kappa shape index (κ1) is 12.1. The lowest BCUT2D eigenvalue weighted by atomic mass is 9.94. The van der Waals surface area contributed by atoms with Gasteiger partial charge in [-0.25, -0.2) is 4.79 Å². The summed E-state index contributed by atoms with van der Waals surface area (Å²) in [5, 5.41) is 8.40. The minimum absolute atomic E-state index is 0.200. The molecule has 0 aliphatic carbocycles. The summed E-state index contributed by atoms with van der Waals surface area (Å²) < 4.78 is 0. The van der Waals surface area contributed by atoms with Crippen LogP contribution in [-0.2, 0) is 9.59 Å². The maximum atomic E-state index is 10.9. The van der Waals surface area contributed by atoms with E-state index in [1.807, 2.05) is 6.92 Å². The molecule has 0 bridgehead atoms. The maximum Gasteiger partial charge on any atom is 0.372 e. The third-order valence-electron chi connectivity index (χ3n) is 2.26. The summed E-state index contributed by atoms with van der Waals surface area (Å²) in [6.07, 6.45) is 4.22. The maximum absolute atomic E-state index is 10.9. The topological polar surface area (TPSA) is 54.4 Å². The highest BCUT2D eigenvalue weighted by Crippen LogP contribution is 2.16. The number of carboxylic acids is 1. The van der Waals surface area contributed by atoms with Crippen LogP contribution in [0.3, 0.4) is 0 Å². The normalized spacial score (nSPS) is 12.5. The van der Waals surface area contributed by atoms with E-state index in [2.05, 4.69) is 6.92 Å². The van der Waals surface area contributed by atoms with Gasteiger partial charge in [-0.3, -0.25) is 4.79 Å². The lowest BCUT2D eigenvalue weighted by molar-refractivity contribution is -0.149. The van der Waals surface area contributed by atoms with Crippen molar-refractivity contribution in [3.05, 3.63) is 0 Å². The Hall–Kier alpha value is -0.860. The van der Waals surface area contributed by atoms with E-state index >= 15 is 0 Å². The zero-order chi connectivity index (χ0) is 10.3. The molecule has 0 saturated heterocycles. The van der Waals surface area contributed by atoms with Gasteiger partial charge in [0.25, 0.3) is 0 Å². The number of aliphatic carboxylic acids is 1. The molecule has 0 heterocycles. The van der Waals surface area contributed by atoms with Crippen molar-refractivity contribution in [2.75, 3.05) is 0 Å². The molecule has 0 amide bonds. The molecular weight excluding hydrogens is 168 g/mol. The second kappa shape index (κ2) is 6.63. The highest BCUT2D eigenvalue weighted by Gasteiger charge is 2.16. The predicted octanol–water partition coefficient (Wildman–Crippen LogP) is 2.25. The van der Waals surface area contributed by atoms with E-state index < -0.39 is 11.8 Å². The Morgan fingerprint density at radius 2 is 1.92 bits per heavy atom. The number of unbranched alkanes of at least 4 members (excludes halogenated alkanes) is 1. The molecule has 0 spiro atoms. The van der Waals surface area contributed by atoms with Crippen LogP contribution in [0.5, 0.6) is 0 Å². The number of ketones is 1. The summed E-state index contributed by atoms with van der Waals surface area (Å²) in [5.74, 6) is -1.69. The van der Waals surface area contributed by atoms with Crippen LogP contribution in [0.1, 0.15) is 46.0 Å². The van der Waals surface area contributed by atoms with Crippen molar-refractivity contribution >= 4 is 11.8 Å². The SMILES string of the molecule is CCCCC(CC)CC(=O)C(=O)O. The lowest BCUT2D eigenvalue weighted by Crippen LogP contribution is -2.16. The van der Waals surface area contributed by atoms with Crippen molar-refractivity contribution in [2.24, 2.45) is 5.92 Å². The third-order valence-corrected chi connectivity index (χ3v) is 2.26. The summed E-state index contributed by atoms with van der Waals surface area (Å²) in [5.41, 5.74) is 0. The molecule has 3 heteroatoms. The van der Waals surface area contributed by atoms with Crippen LogP contribution < -0.4 is 0 Å². The Kier molecular flexibility index (Phi) is 6.20. The number of rotatable bonds is 7. The van der Waals surface area contributed by atoms with Crippen molar-refractivity contribution in [1.29, 1.82) is 0 Å².